The van der Waals surface area contributed by atoms with Crippen LogP contribution in [0.4, 0.5) is 10.3 Å². The first kappa shape index (κ1) is 17.8. The fourth-order valence-corrected chi connectivity index (χ4v) is 3.53. The number of ether oxygens (including phenoxy) is 1. The first-order valence-corrected chi connectivity index (χ1v) is 8.38. The third-order valence-electron chi connectivity index (χ3n) is 5.10. The van der Waals surface area contributed by atoms with E-state index in [0.717, 1.165) is 4.57 Å². The molecule has 2 aromatic heterocycles. The van der Waals surface area contributed by atoms with Gasteiger partial charge in [-0.05, 0) is 12.3 Å². The van der Waals surface area contributed by atoms with E-state index >= 15 is 0 Å². The molecule has 12 heteroatoms. The van der Waals surface area contributed by atoms with Gasteiger partial charge in [0.2, 0.25) is 5.95 Å². The fraction of sp³-hybridized carbons (Fsp3) is 0.600. The van der Waals surface area contributed by atoms with Crippen LogP contribution in [0.3, 0.4) is 0 Å². The summed E-state index contributed by atoms with van der Waals surface area (Å²) >= 11 is 0. The number of hydrogen-bond acceptors (Lipinski definition) is 8. The van der Waals surface area contributed by atoms with Gasteiger partial charge in [-0.15, -0.1) is 0 Å². The summed E-state index contributed by atoms with van der Waals surface area (Å²) in [6, 6.07) is 0. The number of alkyl halides is 1. The van der Waals surface area contributed by atoms with Gasteiger partial charge in [-0.3, -0.25) is 9.36 Å². The van der Waals surface area contributed by atoms with Crippen molar-refractivity contribution in [2.45, 2.75) is 37.6 Å². The number of halogens is 1. The average molecular weight is 383 g/mol. The molecule has 11 nitrogen and oxygen atoms in total. The topological polar surface area (TPSA) is 166 Å². The molecule has 6 atom stereocenters. The maximum atomic E-state index is 14.1. The second-order valence-corrected chi connectivity index (χ2v) is 6.82. The number of nitrogen functional groups attached to an aromatic ring is 1. The summed E-state index contributed by atoms with van der Waals surface area (Å²) < 4.78 is 21.7. The molecule has 0 bridgehead atoms. The zero-order valence-corrected chi connectivity index (χ0v) is 14.0. The fourth-order valence-electron chi connectivity index (χ4n) is 3.53. The normalized spacial score (nSPS) is 32.9. The standard InChI is InChI=1S/C15H18FN5O6/c16-9-8(4-22)27-12(10(9)23)21-11-7(2-18-14(17)19-11)20(15(21)26)3-5-1-6(5)13(24)25/h2,5-6,8-10,12,22-23H,1,3-4H2,(H,24,25)(H2,17,18,19)/t5?,6?,8-,9-,10-,12-/m1/s1. The van der Waals surface area contributed by atoms with Crippen molar-refractivity contribution >= 4 is 23.1 Å². The van der Waals surface area contributed by atoms with Gasteiger partial charge >= 0.3 is 11.7 Å². The lowest BCUT2D eigenvalue weighted by Gasteiger charge is -2.15. The van der Waals surface area contributed by atoms with Gasteiger partial charge in [-0.25, -0.2) is 18.7 Å². The van der Waals surface area contributed by atoms with Crippen LogP contribution in [0, 0.1) is 11.8 Å². The number of carboxylic acid groups (broad SMARTS) is 1. The first-order chi connectivity index (χ1) is 12.8. The number of fused-ring (bicyclic) bond motifs is 1. The van der Waals surface area contributed by atoms with E-state index < -0.39 is 48.8 Å². The lowest BCUT2D eigenvalue weighted by atomic mass is 10.1. The number of anilines is 1. The minimum atomic E-state index is -1.88. The Morgan fingerprint density at radius 3 is 2.81 bits per heavy atom. The van der Waals surface area contributed by atoms with Crippen molar-refractivity contribution in [3.63, 3.8) is 0 Å². The third-order valence-corrected chi connectivity index (χ3v) is 5.10. The molecule has 1 aliphatic heterocycles. The number of hydrogen-bond donors (Lipinski definition) is 4. The lowest BCUT2D eigenvalue weighted by Crippen LogP contribution is -2.34. The number of aliphatic hydroxyl groups excluding tert-OH is 2. The Hall–Kier alpha value is -2.57. The molecule has 0 radical (unpaired) electrons. The molecular weight excluding hydrogens is 365 g/mol. The maximum Gasteiger partial charge on any atom is 0.332 e. The number of aliphatic carboxylic acids is 1. The molecule has 0 aromatic carbocycles. The van der Waals surface area contributed by atoms with E-state index in [-0.39, 0.29) is 29.6 Å². The highest BCUT2D eigenvalue weighted by atomic mass is 19.1. The highest BCUT2D eigenvalue weighted by Crippen LogP contribution is 2.40. The van der Waals surface area contributed by atoms with E-state index in [1.54, 1.807) is 0 Å². The molecule has 3 heterocycles. The van der Waals surface area contributed by atoms with Gasteiger partial charge in [0.25, 0.3) is 0 Å². The van der Waals surface area contributed by atoms with Crippen LogP contribution >= 0.6 is 0 Å². The predicted octanol–water partition coefficient (Wildman–Crippen LogP) is -1.52. The van der Waals surface area contributed by atoms with Crippen LogP contribution in [0.25, 0.3) is 11.2 Å². The summed E-state index contributed by atoms with van der Waals surface area (Å²) in [5, 5.41) is 28.4. The van der Waals surface area contributed by atoms with Gasteiger partial charge in [0.15, 0.2) is 18.0 Å². The van der Waals surface area contributed by atoms with Crippen molar-refractivity contribution in [2.75, 3.05) is 12.3 Å². The molecule has 1 saturated carbocycles. The highest BCUT2D eigenvalue weighted by Gasteiger charge is 2.47. The van der Waals surface area contributed by atoms with Crippen LogP contribution in [-0.2, 0) is 16.1 Å². The lowest BCUT2D eigenvalue weighted by molar-refractivity contribution is -0.138. The average Bonchev–Trinajstić information content (AvgIpc) is 3.29. The van der Waals surface area contributed by atoms with Crippen LogP contribution in [0.15, 0.2) is 11.0 Å². The van der Waals surface area contributed by atoms with Crippen molar-refractivity contribution in [1.29, 1.82) is 0 Å². The Kier molecular flexibility index (Phi) is 4.13. The minimum Gasteiger partial charge on any atom is -0.481 e. The second-order valence-electron chi connectivity index (χ2n) is 6.82. The number of imidazole rings is 1. The van der Waals surface area contributed by atoms with E-state index in [1.165, 1.54) is 10.8 Å². The molecule has 0 spiro atoms. The monoisotopic (exact) mass is 383 g/mol. The molecule has 1 saturated heterocycles. The third kappa shape index (κ3) is 2.76. The minimum absolute atomic E-state index is 0.0369. The van der Waals surface area contributed by atoms with Gasteiger partial charge in [0.1, 0.15) is 17.7 Å². The number of carbonyl (C=O) groups is 1. The number of nitrogens with two attached hydrogens (primary N) is 1. The SMILES string of the molecule is Nc1ncc2c(n1)n([C@@H]1O[C@H](CO)[C@@H](F)[C@H]1O)c(=O)n2CC1CC1C(=O)O. The second kappa shape index (κ2) is 6.25. The van der Waals surface area contributed by atoms with E-state index in [0.29, 0.717) is 6.42 Å². The molecule has 146 valence electrons. The van der Waals surface area contributed by atoms with Crippen molar-refractivity contribution < 1.29 is 29.2 Å². The molecular formula is C15H18FN5O6. The number of aliphatic hydroxyl groups is 2. The van der Waals surface area contributed by atoms with Crippen molar-refractivity contribution in [2.24, 2.45) is 11.8 Å². The molecule has 5 N–H and O–H groups in total. The van der Waals surface area contributed by atoms with Crippen molar-refractivity contribution in [1.82, 2.24) is 19.1 Å². The number of carboxylic acids is 1. The van der Waals surface area contributed by atoms with Gasteiger partial charge in [-0.1, -0.05) is 0 Å². The van der Waals surface area contributed by atoms with Gasteiger partial charge in [0, 0.05) is 6.54 Å². The summed E-state index contributed by atoms with van der Waals surface area (Å²) in [5.74, 6) is -1.83. The van der Waals surface area contributed by atoms with E-state index in [1.807, 2.05) is 0 Å². The Morgan fingerprint density at radius 1 is 1.48 bits per heavy atom. The zero-order chi connectivity index (χ0) is 19.5. The summed E-state index contributed by atoms with van der Waals surface area (Å²) in [6.45, 7) is -0.556. The molecule has 2 aromatic rings. The van der Waals surface area contributed by atoms with Crippen molar-refractivity contribution in [3.05, 3.63) is 16.7 Å². The zero-order valence-electron chi connectivity index (χ0n) is 14.0. The molecule has 0 amide bonds. The van der Waals surface area contributed by atoms with E-state index in [2.05, 4.69) is 9.97 Å². The molecule has 2 unspecified atom stereocenters. The Labute approximate surface area is 150 Å². The maximum absolute atomic E-state index is 14.1. The Morgan fingerprint density at radius 2 is 2.22 bits per heavy atom. The molecule has 2 fully saturated rings. The summed E-state index contributed by atoms with van der Waals surface area (Å²) in [4.78, 5) is 31.9. The Bertz CT molecular complexity index is 960. The van der Waals surface area contributed by atoms with Crippen LogP contribution in [-0.4, -0.2) is 65.4 Å². The molecule has 4 rings (SSSR count). The quantitative estimate of drug-likeness (QED) is 0.480. The largest absolute Gasteiger partial charge is 0.481 e. The van der Waals surface area contributed by atoms with Gasteiger partial charge in [-0.2, -0.15) is 4.98 Å². The number of nitrogens with zero attached hydrogens (tertiary/aromatic N) is 4. The smallest absolute Gasteiger partial charge is 0.332 e. The molecule has 27 heavy (non-hydrogen) atoms. The predicted molar refractivity (Wildman–Crippen MR) is 87.3 cm³/mol. The summed E-state index contributed by atoms with van der Waals surface area (Å²) in [5.41, 5.74) is 5.25. The van der Waals surface area contributed by atoms with Crippen LogP contribution in [0.5, 0.6) is 0 Å². The van der Waals surface area contributed by atoms with Crippen LogP contribution < -0.4 is 11.4 Å². The molecule has 2 aliphatic rings. The summed E-state index contributed by atoms with van der Waals surface area (Å²) in [7, 11) is 0. The Balaban J connectivity index is 1.79. The van der Waals surface area contributed by atoms with E-state index in [4.69, 9.17) is 15.6 Å². The first-order valence-electron chi connectivity index (χ1n) is 8.38. The van der Waals surface area contributed by atoms with Gasteiger partial charge in [0.05, 0.1) is 18.7 Å². The summed E-state index contributed by atoms with van der Waals surface area (Å²) in [6.07, 6.45) is -4.52. The van der Waals surface area contributed by atoms with E-state index in [9.17, 15) is 24.2 Å². The van der Waals surface area contributed by atoms with Crippen molar-refractivity contribution in [3.8, 4) is 0 Å². The molecule has 1 aliphatic carbocycles. The van der Waals surface area contributed by atoms with Crippen LogP contribution in [0.2, 0.25) is 0 Å². The number of aromatic nitrogens is 4. The van der Waals surface area contributed by atoms with Crippen LogP contribution in [0.1, 0.15) is 12.6 Å². The number of rotatable bonds is 5. The highest BCUT2D eigenvalue weighted by molar-refractivity contribution is 5.74. The van der Waals surface area contributed by atoms with Gasteiger partial charge < -0.3 is 25.8 Å².